The number of esters is 2. The summed E-state index contributed by atoms with van der Waals surface area (Å²) in [6, 6.07) is 3.25. The molecule has 1 N–H and O–H groups in total. The molecule has 370 valence electrons. The quantitative estimate of drug-likeness (QED) is 0.0300. The Kier molecular flexibility index (Phi) is 41.3. The first kappa shape index (κ1) is 59.6. The number of hydrogen-bond acceptors (Lipinski definition) is 6. The summed E-state index contributed by atoms with van der Waals surface area (Å²) < 4.78 is 44.0. The second kappa shape index (κ2) is 44.4. The van der Waals surface area contributed by atoms with Crippen molar-refractivity contribution in [2.45, 2.75) is 276 Å². The fourth-order valence-corrected chi connectivity index (χ4v) is 8.93. The maximum atomic E-state index is 13.0. The lowest BCUT2D eigenvalue weighted by Crippen LogP contribution is -2.16. The first-order chi connectivity index (χ1) is 31.3. The summed E-state index contributed by atoms with van der Waals surface area (Å²) >= 11 is 0. The van der Waals surface area contributed by atoms with Crippen LogP contribution in [-0.2, 0) is 19.6 Å². The lowest BCUT2D eigenvalue weighted by Gasteiger charge is -2.10. The monoisotopic (exact) mass is 915 g/mol. The van der Waals surface area contributed by atoms with Gasteiger partial charge in [-0.25, -0.2) is 9.59 Å². The van der Waals surface area contributed by atoms with Gasteiger partial charge in [0, 0.05) is 0 Å². The van der Waals surface area contributed by atoms with Crippen molar-refractivity contribution >= 4 is 22.1 Å². The summed E-state index contributed by atoms with van der Waals surface area (Å²) in [6.45, 7) is 4.78. The molecule has 1 aromatic carbocycles. The Morgan fingerprint density at radius 2 is 0.672 bits per heavy atom. The molecule has 8 heteroatoms. The van der Waals surface area contributed by atoms with E-state index in [0.29, 0.717) is 12.8 Å². The lowest BCUT2D eigenvalue weighted by atomic mass is 10.0. The van der Waals surface area contributed by atoms with Gasteiger partial charge in [0.1, 0.15) is 0 Å². The Bertz CT molecular complexity index is 1400. The zero-order valence-electron chi connectivity index (χ0n) is 41.5. The number of hydrogen-bond donors (Lipinski definition) is 1. The Hall–Kier alpha value is -2.45. The van der Waals surface area contributed by atoms with E-state index in [4.69, 9.17) is 9.47 Å². The molecule has 1 rings (SSSR count). The number of carbonyl (C=O) groups excluding carboxylic acids is 2. The molecule has 0 radical (unpaired) electrons. The van der Waals surface area contributed by atoms with Crippen LogP contribution in [0.5, 0.6) is 0 Å². The van der Waals surface area contributed by atoms with Crippen LogP contribution >= 0.6 is 0 Å². The van der Waals surface area contributed by atoms with Crippen LogP contribution in [0.3, 0.4) is 0 Å². The molecular weight excluding hydrogens is 817 g/mol. The van der Waals surface area contributed by atoms with Crippen molar-refractivity contribution in [1.29, 1.82) is 0 Å². The number of allylic oxidation sites excluding steroid dienone is 2. The van der Waals surface area contributed by atoms with E-state index in [0.717, 1.165) is 37.8 Å². The van der Waals surface area contributed by atoms with E-state index in [1.54, 1.807) is 0 Å². The summed E-state index contributed by atoms with van der Waals surface area (Å²) in [6.07, 6.45) is 60.2. The number of unbranched alkanes of at least 4 members (excludes halogenated alkanes) is 36. The van der Waals surface area contributed by atoms with E-state index >= 15 is 0 Å². The van der Waals surface area contributed by atoms with Gasteiger partial charge < -0.3 is 9.47 Å². The summed E-state index contributed by atoms with van der Waals surface area (Å²) in [7, 11) is -4.59. The molecule has 1 aromatic rings. The Balaban J connectivity index is 2.14. The highest BCUT2D eigenvalue weighted by Gasteiger charge is 2.23. The largest absolute Gasteiger partial charge is 0.462 e. The van der Waals surface area contributed by atoms with Crippen LogP contribution in [0.4, 0.5) is 0 Å². The van der Waals surface area contributed by atoms with Gasteiger partial charge in [0.2, 0.25) is 0 Å². The molecule has 0 amide bonds. The van der Waals surface area contributed by atoms with Crippen LogP contribution in [0.25, 0.3) is 0 Å². The van der Waals surface area contributed by atoms with Crippen LogP contribution in [0, 0.1) is 0 Å². The van der Waals surface area contributed by atoms with E-state index < -0.39 is 27.0 Å². The number of benzene rings is 1. The average molecular weight is 915 g/mol. The standard InChI is InChI=1S/C56H98O7S/c1-3-5-7-9-11-13-15-17-19-21-23-25-27-29-31-33-35-37-39-41-43-45-49-62-55(57)53-48-47-52(64(59,60)61)51-54(53)56(58)63-50-46-44-42-40-38-36-34-32-30-28-26-24-22-20-18-16-14-12-10-8-6-4-2/h41-44,47-48,51H,3-40,45-46,49-50H2,1-2H3,(H,59,60,61)/b43-41+,44-42+. The van der Waals surface area contributed by atoms with Crippen LogP contribution < -0.4 is 0 Å². The minimum Gasteiger partial charge on any atom is -0.462 e. The first-order valence-corrected chi connectivity index (χ1v) is 28.5. The molecule has 7 nitrogen and oxygen atoms in total. The molecule has 0 saturated heterocycles. The highest BCUT2D eigenvalue weighted by atomic mass is 32.2. The number of ether oxygens (including phenoxy) is 2. The number of carbonyl (C=O) groups is 2. The smallest absolute Gasteiger partial charge is 0.339 e. The minimum atomic E-state index is -4.59. The van der Waals surface area contributed by atoms with Crippen molar-refractivity contribution in [3.63, 3.8) is 0 Å². The molecule has 0 atom stereocenters. The second-order valence-electron chi connectivity index (χ2n) is 18.6. The van der Waals surface area contributed by atoms with E-state index in [-0.39, 0.29) is 24.3 Å². The third kappa shape index (κ3) is 36.7. The topological polar surface area (TPSA) is 107 Å². The molecule has 0 fully saturated rings. The minimum absolute atomic E-state index is 0.0866. The molecule has 0 heterocycles. The maximum Gasteiger partial charge on any atom is 0.339 e. The van der Waals surface area contributed by atoms with Gasteiger partial charge in [-0.2, -0.15) is 8.42 Å². The molecule has 0 aliphatic carbocycles. The average Bonchev–Trinajstić information content (AvgIpc) is 3.28. The maximum absolute atomic E-state index is 13.0. The van der Waals surface area contributed by atoms with Crippen LogP contribution in [0.15, 0.2) is 47.4 Å². The summed E-state index contributed by atoms with van der Waals surface area (Å²) in [5.74, 6) is -1.58. The van der Waals surface area contributed by atoms with Crippen molar-refractivity contribution in [3.05, 3.63) is 53.6 Å². The molecule has 0 bridgehead atoms. The van der Waals surface area contributed by atoms with Gasteiger partial charge >= 0.3 is 11.9 Å². The molecule has 0 saturated carbocycles. The van der Waals surface area contributed by atoms with Gasteiger partial charge in [-0.15, -0.1) is 0 Å². The molecule has 0 aliphatic rings. The molecule has 0 spiro atoms. The molecule has 0 unspecified atom stereocenters. The van der Waals surface area contributed by atoms with Crippen LogP contribution in [0.2, 0.25) is 0 Å². The Morgan fingerprint density at radius 1 is 0.406 bits per heavy atom. The van der Waals surface area contributed by atoms with Crippen LogP contribution in [0.1, 0.15) is 291 Å². The Morgan fingerprint density at radius 3 is 0.969 bits per heavy atom. The van der Waals surface area contributed by atoms with Crippen molar-refractivity contribution < 1.29 is 32.0 Å². The van der Waals surface area contributed by atoms with Crippen molar-refractivity contribution in [1.82, 2.24) is 0 Å². The van der Waals surface area contributed by atoms with Gasteiger partial charge in [-0.3, -0.25) is 4.55 Å². The van der Waals surface area contributed by atoms with Crippen molar-refractivity contribution in [2.24, 2.45) is 0 Å². The van der Waals surface area contributed by atoms with E-state index in [9.17, 15) is 22.6 Å². The van der Waals surface area contributed by atoms with Gasteiger partial charge in [-0.05, 0) is 56.7 Å². The summed E-state index contributed by atoms with van der Waals surface area (Å²) in [5, 5.41) is 0. The third-order valence-electron chi connectivity index (χ3n) is 12.5. The highest BCUT2D eigenvalue weighted by molar-refractivity contribution is 7.85. The van der Waals surface area contributed by atoms with Gasteiger partial charge in [0.05, 0.1) is 29.2 Å². The van der Waals surface area contributed by atoms with E-state index in [1.165, 1.54) is 224 Å². The fraction of sp³-hybridized carbons (Fsp3) is 0.786. The fourth-order valence-electron chi connectivity index (χ4n) is 8.42. The third-order valence-corrected chi connectivity index (χ3v) is 13.4. The van der Waals surface area contributed by atoms with Gasteiger partial charge in [0.25, 0.3) is 10.1 Å². The van der Waals surface area contributed by atoms with Crippen molar-refractivity contribution in [3.8, 4) is 0 Å². The normalized spacial score (nSPS) is 11.9. The first-order valence-electron chi connectivity index (χ1n) is 27.1. The number of rotatable bonds is 47. The van der Waals surface area contributed by atoms with Crippen LogP contribution in [-0.4, -0.2) is 38.1 Å². The molecule has 0 aliphatic heterocycles. The predicted molar refractivity (Wildman–Crippen MR) is 271 cm³/mol. The summed E-state index contributed by atoms with van der Waals surface area (Å²) in [5.41, 5.74) is -0.336. The van der Waals surface area contributed by atoms with Gasteiger partial charge in [-0.1, -0.05) is 256 Å². The van der Waals surface area contributed by atoms with Crippen molar-refractivity contribution in [2.75, 3.05) is 13.2 Å². The molecule has 64 heavy (non-hydrogen) atoms. The predicted octanol–water partition coefficient (Wildman–Crippen LogP) is 18.0. The zero-order chi connectivity index (χ0) is 46.4. The van der Waals surface area contributed by atoms with Gasteiger partial charge in [0.15, 0.2) is 0 Å². The van der Waals surface area contributed by atoms with E-state index in [2.05, 4.69) is 26.0 Å². The zero-order valence-corrected chi connectivity index (χ0v) is 42.4. The SMILES string of the molecule is CCCCCCCCCCCCCCCCCCCC/C=C/CCOC(=O)c1ccc(S(=O)(=O)O)cc1C(=O)OCC/C=C/CCCCCCCCCCCCCCCCCCCC. The lowest BCUT2D eigenvalue weighted by molar-refractivity contribution is 0.0464. The van der Waals surface area contributed by atoms with E-state index in [1.807, 2.05) is 12.2 Å². The highest BCUT2D eigenvalue weighted by Crippen LogP contribution is 2.20. The molecule has 0 aromatic heterocycles. The molecular formula is C56H98O7S. The second-order valence-corrected chi connectivity index (χ2v) is 20.0. The summed E-state index contributed by atoms with van der Waals surface area (Å²) in [4.78, 5) is 25.5. The Labute approximate surface area is 394 Å².